The average molecular weight is 650 g/mol. The molecule has 4 aromatic rings. The summed E-state index contributed by atoms with van der Waals surface area (Å²) in [6.07, 6.45) is 1.40. The highest BCUT2D eigenvalue weighted by Crippen LogP contribution is 2.29. The Morgan fingerprint density at radius 2 is 1.57 bits per heavy atom. The van der Waals surface area contributed by atoms with Crippen LogP contribution in [0.3, 0.4) is 0 Å². The van der Waals surface area contributed by atoms with Crippen LogP contribution in [0.2, 0.25) is 10.0 Å². The van der Waals surface area contributed by atoms with Gasteiger partial charge in [0.05, 0.1) is 15.9 Å². The van der Waals surface area contributed by atoms with Crippen molar-refractivity contribution in [2.45, 2.75) is 24.0 Å². The summed E-state index contributed by atoms with van der Waals surface area (Å²) >= 11 is 13.9. The van der Waals surface area contributed by atoms with Gasteiger partial charge in [-0.3, -0.25) is 24.5 Å². The number of thioether (sulfide) groups is 1. The smallest absolute Gasteiger partial charge is 0.272 e. The highest BCUT2D eigenvalue weighted by molar-refractivity contribution is 8.00. The van der Waals surface area contributed by atoms with Gasteiger partial charge in [0.25, 0.3) is 17.5 Å². The summed E-state index contributed by atoms with van der Waals surface area (Å²) in [6.45, 7) is 3.44. The second-order valence-corrected chi connectivity index (χ2v) is 11.7. The molecule has 4 aromatic carbocycles. The summed E-state index contributed by atoms with van der Waals surface area (Å²) in [4.78, 5) is 50.6. The molecule has 4 rings (SSSR count). The Balaban J connectivity index is 1.51. The Labute approximate surface area is 267 Å². The predicted molar refractivity (Wildman–Crippen MR) is 175 cm³/mol. The largest absolute Gasteiger partial charge is 0.325 e. The number of aryl methyl sites for hydroxylation is 1. The van der Waals surface area contributed by atoms with Crippen LogP contribution in [-0.2, 0) is 9.59 Å². The number of benzene rings is 4. The quantitative estimate of drug-likeness (QED) is 0.0698. The number of halogens is 2. The first-order chi connectivity index (χ1) is 21.0. The van der Waals surface area contributed by atoms with E-state index in [0.717, 1.165) is 0 Å². The number of carbonyl (C=O) groups excluding carboxylic acids is 3. The Bertz CT molecular complexity index is 1740. The van der Waals surface area contributed by atoms with Crippen LogP contribution in [0.15, 0.2) is 102 Å². The minimum atomic E-state index is -0.626. The van der Waals surface area contributed by atoms with Crippen molar-refractivity contribution in [3.05, 3.63) is 134 Å². The van der Waals surface area contributed by atoms with E-state index < -0.39 is 22.0 Å². The number of nitrogens with zero attached hydrogens (tertiary/aromatic N) is 1. The lowest BCUT2D eigenvalue weighted by molar-refractivity contribution is -0.384. The zero-order valence-corrected chi connectivity index (χ0v) is 25.8. The molecular weight excluding hydrogens is 623 g/mol. The van der Waals surface area contributed by atoms with Crippen molar-refractivity contribution in [3.8, 4) is 0 Å². The maximum Gasteiger partial charge on any atom is 0.272 e. The third-order valence-electron chi connectivity index (χ3n) is 6.28. The standard InChI is InChI=1S/C32H26Cl2N4O5S/c1-19-14-15-23(38(42)43)17-28(19)36-30(39)20(2)44-24-11-6-10-22(16-24)35-32(41)29(18-25-26(33)12-7-13-27(25)34)37-31(40)21-8-4-3-5-9-21/h3-18,20H,1-2H3,(H,35,41)(H,36,39)(H,37,40)/b29-18+. The van der Waals surface area contributed by atoms with Gasteiger partial charge in [-0.25, -0.2) is 0 Å². The molecule has 0 saturated carbocycles. The van der Waals surface area contributed by atoms with Gasteiger partial charge in [0.2, 0.25) is 5.91 Å². The maximum absolute atomic E-state index is 13.5. The number of carbonyl (C=O) groups is 3. The van der Waals surface area contributed by atoms with Crippen LogP contribution < -0.4 is 16.0 Å². The molecule has 0 aromatic heterocycles. The minimum absolute atomic E-state index is 0.0908. The molecule has 0 radical (unpaired) electrons. The van der Waals surface area contributed by atoms with Gasteiger partial charge in [-0.15, -0.1) is 11.8 Å². The van der Waals surface area contributed by atoms with Crippen LogP contribution in [0.25, 0.3) is 6.08 Å². The molecule has 0 fully saturated rings. The van der Waals surface area contributed by atoms with Gasteiger partial charge in [0, 0.05) is 43.9 Å². The second kappa shape index (κ2) is 14.7. The average Bonchev–Trinajstić information content (AvgIpc) is 2.99. The summed E-state index contributed by atoms with van der Waals surface area (Å²) < 4.78 is 0. The highest BCUT2D eigenvalue weighted by atomic mass is 35.5. The molecule has 0 aliphatic heterocycles. The van der Waals surface area contributed by atoms with Gasteiger partial charge in [0.1, 0.15) is 5.70 Å². The van der Waals surface area contributed by atoms with E-state index in [4.69, 9.17) is 23.2 Å². The number of hydrogen-bond acceptors (Lipinski definition) is 6. The van der Waals surface area contributed by atoms with Gasteiger partial charge in [-0.05, 0) is 68.0 Å². The van der Waals surface area contributed by atoms with Gasteiger partial charge < -0.3 is 16.0 Å². The Morgan fingerprint density at radius 1 is 0.886 bits per heavy atom. The van der Waals surface area contributed by atoms with E-state index in [-0.39, 0.29) is 17.3 Å². The molecule has 0 aliphatic carbocycles. The summed E-state index contributed by atoms with van der Waals surface area (Å²) in [6, 6.07) is 24.4. The van der Waals surface area contributed by atoms with Crippen molar-refractivity contribution < 1.29 is 19.3 Å². The Hall–Kier alpha value is -4.64. The number of hydrogen-bond donors (Lipinski definition) is 3. The van der Waals surface area contributed by atoms with Crippen molar-refractivity contribution in [1.82, 2.24) is 5.32 Å². The molecule has 0 bridgehead atoms. The fourth-order valence-corrected chi connectivity index (χ4v) is 5.36. The summed E-state index contributed by atoms with van der Waals surface area (Å²) in [5, 5.41) is 19.3. The molecule has 0 heterocycles. The van der Waals surface area contributed by atoms with Crippen molar-refractivity contribution in [2.75, 3.05) is 10.6 Å². The molecule has 0 saturated heterocycles. The van der Waals surface area contributed by atoms with Gasteiger partial charge in [-0.2, -0.15) is 0 Å². The SMILES string of the molecule is Cc1ccc([N+](=O)[O-])cc1NC(=O)C(C)Sc1cccc(NC(=O)/C(=C\c2c(Cl)cccc2Cl)NC(=O)c2ccccc2)c1. The first-order valence-corrected chi connectivity index (χ1v) is 14.8. The van der Waals surface area contributed by atoms with Gasteiger partial charge >= 0.3 is 0 Å². The topological polar surface area (TPSA) is 130 Å². The molecule has 9 nitrogen and oxygen atoms in total. The molecule has 12 heteroatoms. The molecule has 44 heavy (non-hydrogen) atoms. The van der Waals surface area contributed by atoms with E-state index in [9.17, 15) is 24.5 Å². The van der Waals surface area contributed by atoms with E-state index >= 15 is 0 Å². The van der Waals surface area contributed by atoms with Gasteiger partial charge in [-0.1, -0.05) is 59.6 Å². The maximum atomic E-state index is 13.5. The first-order valence-electron chi connectivity index (χ1n) is 13.2. The molecule has 3 N–H and O–H groups in total. The fraction of sp³-hybridized carbons (Fsp3) is 0.0938. The summed E-state index contributed by atoms with van der Waals surface area (Å²) in [5.41, 5.74) is 1.94. The minimum Gasteiger partial charge on any atom is -0.325 e. The Kier molecular flexibility index (Phi) is 10.8. The number of non-ortho nitro benzene ring substituents is 1. The van der Waals surface area contributed by atoms with Crippen LogP contribution in [-0.4, -0.2) is 27.9 Å². The van der Waals surface area contributed by atoms with E-state index in [1.807, 2.05) is 0 Å². The van der Waals surface area contributed by atoms with Crippen LogP contribution in [0, 0.1) is 17.0 Å². The lowest BCUT2D eigenvalue weighted by Crippen LogP contribution is -2.30. The molecule has 1 unspecified atom stereocenters. The number of amides is 3. The monoisotopic (exact) mass is 648 g/mol. The molecule has 224 valence electrons. The van der Waals surface area contributed by atoms with E-state index in [0.29, 0.717) is 43.0 Å². The van der Waals surface area contributed by atoms with Crippen LogP contribution >= 0.6 is 35.0 Å². The molecule has 0 aliphatic rings. The Morgan fingerprint density at radius 3 is 2.25 bits per heavy atom. The van der Waals surface area contributed by atoms with Crippen LogP contribution in [0.4, 0.5) is 17.1 Å². The van der Waals surface area contributed by atoms with Crippen molar-refractivity contribution in [3.63, 3.8) is 0 Å². The first kappa shape index (κ1) is 32.3. The number of nitro groups is 1. The molecule has 1 atom stereocenters. The lowest BCUT2D eigenvalue weighted by Gasteiger charge is -2.15. The van der Waals surface area contributed by atoms with Crippen LogP contribution in [0.5, 0.6) is 0 Å². The third kappa shape index (κ3) is 8.47. The van der Waals surface area contributed by atoms with E-state index in [1.54, 1.807) is 92.7 Å². The second-order valence-electron chi connectivity index (χ2n) is 9.50. The normalized spacial score (nSPS) is 11.8. The zero-order chi connectivity index (χ0) is 31.8. The van der Waals surface area contributed by atoms with Crippen molar-refractivity contribution in [2.24, 2.45) is 0 Å². The number of nitrogens with one attached hydrogen (secondary N) is 3. The van der Waals surface area contributed by atoms with Crippen molar-refractivity contribution in [1.29, 1.82) is 0 Å². The number of nitro benzene ring substituents is 1. The van der Waals surface area contributed by atoms with E-state index in [2.05, 4.69) is 16.0 Å². The molecular formula is C32H26Cl2N4O5S. The predicted octanol–water partition coefficient (Wildman–Crippen LogP) is 7.74. The molecule has 3 amide bonds. The van der Waals surface area contributed by atoms with Crippen LogP contribution in [0.1, 0.15) is 28.4 Å². The van der Waals surface area contributed by atoms with E-state index in [1.165, 1.54) is 30.0 Å². The zero-order valence-electron chi connectivity index (χ0n) is 23.5. The highest BCUT2D eigenvalue weighted by Gasteiger charge is 2.19. The van der Waals surface area contributed by atoms with Crippen molar-refractivity contribution >= 4 is 75.8 Å². The summed E-state index contributed by atoms with van der Waals surface area (Å²) in [5.74, 6) is -1.48. The lowest BCUT2D eigenvalue weighted by atomic mass is 10.1. The summed E-state index contributed by atoms with van der Waals surface area (Å²) in [7, 11) is 0. The number of rotatable bonds is 10. The third-order valence-corrected chi connectivity index (χ3v) is 8.03. The fourth-order valence-electron chi connectivity index (χ4n) is 3.93. The van der Waals surface area contributed by atoms with Gasteiger partial charge in [0.15, 0.2) is 0 Å². The molecule has 0 spiro atoms. The number of anilines is 2.